The first-order valence-corrected chi connectivity index (χ1v) is 18.7. The Labute approximate surface area is 305 Å². The van der Waals surface area contributed by atoms with Gasteiger partial charge in [-0.1, -0.05) is 24.3 Å². The second-order valence-corrected chi connectivity index (χ2v) is 15.3. The van der Waals surface area contributed by atoms with E-state index in [4.69, 9.17) is 4.74 Å². The minimum absolute atomic E-state index is 0.114. The summed E-state index contributed by atoms with van der Waals surface area (Å²) in [6.07, 6.45) is 10.3. The van der Waals surface area contributed by atoms with Crippen molar-refractivity contribution in [3.63, 3.8) is 0 Å². The lowest BCUT2D eigenvalue weighted by atomic mass is 9.73. The zero-order valence-electron chi connectivity index (χ0n) is 28.9. The van der Waals surface area contributed by atoms with Gasteiger partial charge < -0.3 is 24.8 Å². The molecule has 3 aliphatic heterocycles. The number of nitrogens with one attached hydrogen (secondary N) is 2. The third-order valence-corrected chi connectivity index (χ3v) is 11.9. The summed E-state index contributed by atoms with van der Waals surface area (Å²) in [5, 5.41) is 3.03. The largest absolute Gasteiger partial charge is 0.381 e. The lowest BCUT2D eigenvalue weighted by Gasteiger charge is -2.53. The van der Waals surface area contributed by atoms with Gasteiger partial charge in [0.2, 0.25) is 5.78 Å². The second kappa shape index (κ2) is 13.0. The minimum Gasteiger partial charge on any atom is -0.381 e. The number of imidazole rings is 1. The molecule has 2 N–H and O–H groups in total. The molecule has 6 heterocycles. The second-order valence-electron chi connectivity index (χ2n) is 14.3. The number of thiophene rings is 1. The molecule has 3 aromatic heterocycles. The smallest absolute Gasteiger partial charge is 0.259 e. The number of ketones is 1. The SMILES string of the molecule is Cc1cnc(N2CC3(CCOCC3)C2)c(C(=O)Nc2ccc(C(=O)N3CCc4cc(C(=O)c5nc6c([nH]5)CCC=C6)sc4-c4ccccc43)cc2)c1. The van der Waals surface area contributed by atoms with Gasteiger partial charge in [0.15, 0.2) is 5.82 Å². The van der Waals surface area contributed by atoms with Gasteiger partial charge in [0, 0.05) is 71.8 Å². The van der Waals surface area contributed by atoms with Crippen molar-refractivity contribution in [2.75, 3.05) is 48.0 Å². The molecule has 262 valence electrons. The van der Waals surface area contributed by atoms with Crippen LogP contribution in [0, 0.1) is 12.3 Å². The fraction of sp³-hybridized carbons (Fsp3) is 0.293. The molecule has 0 saturated carbocycles. The number of anilines is 3. The summed E-state index contributed by atoms with van der Waals surface area (Å²) in [4.78, 5) is 59.3. The predicted molar refractivity (Wildman–Crippen MR) is 203 cm³/mol. The van der Waals surface area contributed by atoms with Gasteiger partial charge in [-0.25, -0.2) is 9.97 Å². The molecule has 9 rings (SSSR count). The highest BCUT2D eigenvalue weighted by atomic mass is 32.1. The van der Waals surface area contributed by atoms with Crippen LogP contribution >= 0.6 is 11.3 Å². The van der Waals surface area contributed by atoms with Crippen molar-refractivity contribution < 1.29 is 19.1 Å². The number of ether oxygens (including phenoxy) is 1. The van der Waals surface area contributed by atoms with E-state index in [0.29, 0.717) is 46.3 Å². The number of aromatic amines is 1. The number of carbonyl (C=O) groups is 3. The number of fused-ring (bicyclic) bond motifs is 4. The monoisotopic (exact) mass is 710 g/mol. The van der Waals surface area contributed by atoms with Crippen LogP contribution in [0.2, 0.25) is 0 Å². The standard InChI is InChI=1S/C41H38N6O4S/c1-25-20-30(38(42-22-25)46-23-41(24-46)15-18-51-19-16-41)39(49)43-28-12-10-26(11-13-28)40(50)47-17-14-27-21-34(52-36(27)29-6-2-5-9-33(29)47)35(48)37-44-31-7-3-4-8-32(31)45-37/h2-3,5-7,9-13,20-22H,4,8,14-19,23-24H2,1H3,(H,43,49)(H,44,45). The van der Waals surface area contributed by atoms with E-state index in [1.807, 2.05) is 60.5 Å². The molecule has 10 nitrogen and oxygen atoms in total. The van der Waals surface area contributed by atoms with E-state index in [9.17, 15) is 14.4 Å². The molecule has 2 aromatic carbocycles. The highest BCUT2D eigenvalue weighted by Crippen LogP contribution is 2.44. The molecular formula is C41H38N6O4S. The first-order chi connectivity index (χ1) is 25.3. The zero-order valence-corrected chi connectivity index (χ0v) is 29.7. The number of hydrogen-bond donors (Lipinski definition) is 2. The predicted octanol–water partition coefficient (Wildman–Crippen LogP) is 7.10. The Morgan fingerprint density at radius 3 is 2.62 bits per heavy atom. The van der Waals surface area contributed by atoms with Crippen molar-refractivity contribution in [1.29, 1.82) is 0 Å². The maximum atomic E-state index is 14.1. The number of benzene rings is 2. The van der Waals surface area contributed by atoms with Crippen molar-refractivity contribution in [2.24, 2.45) is 5.41 Å². The lowest BCUT2D eigenvalue weighted by molar-refractivity contribution is -0.000511. The van der Waals surface area contributed by atoms with E-state index in [0.717, 1.165) is 90.6 Å². The summed E-state index contributed by atoms with van der Waals surface area (Å²) < 4.78 is 5.57. The summed E-state index contributed by atoms with van der Waals surface area (Å²) in [6.45, 7) is 5.72. The fourth-order valence-corrected chi connectivity index (χ4v) is 9.07. The van der Waals surface area contributed by atoms with Crippen LogP contribution < -0.4 is 15.1 Å². The van der Waals surface area contributed by atoms with E-state index in [1.165, 1.54) is 11.3 Å². The van der Waals surface area contributed by atoms with Gasteiger partial charge in [0.25, 0.3) is 11.8 Å². The van der Waals surface area contributed by atoms with Gasteiger partial charge in [-0.3, -0.25) is 14.4 Å². The number of nitrogens with zero attached hydrogens (tertiary/aromatic N) is 4. The van der Waals surface area contributed by atoms with Gasteiger partial charge in [-0.05, 0) is 98.7 Å². The van der Waals surface area contributed by atoms with Crippen molar-refractivity contribution in [1.82, 2.24) is 15.0 Å². The average molecular weight is 711 g/mol. The number of aromatic nitrogens is 3. The van der Waals surface area contributed by atoms with Gasteiger partial charge >= 0.3 is 0 Å². The molecule has 0 unspecified atom stereocenters. The van der Waals surface area contributed by atoms with Crippen LogP contribution in [0.5, 0.6) is 0 Å². The number of hydrogen-bond acceptors (Lipinski definition) is 8. The Balaban J connectivity index is 0.913. The summed E-state index contributed by atoms with van der Waals surface area (Å²) in [7, 11) is 0. The van der Waals surface area contributed by atoms with E-state index in [2.05, 4.69) is 31.2 Å². The fourth-order valence-electron chi connectivity index (χ4n) is 7.88. The molecule has 0 radical (unpaired) electrons. The van der Waals surface area contributed by atoms with Gasteiger partial charge in [-0.2, -0.15) is 0 Å². The number of amides is 2. The zero-order chi connectivity index (χ0) is 35.4. The van der Waals surface area contributed by atoms with Gasteiger partial charge in [-0.15, -0.1) is 11.3 Å². The maximum Gasteiger partial charge on any atom is 0.259 e. The van der Waals surface area contributed by atoms with E-state index < -0.39 is 0 Å². The highest BCUT2D eigenvalue weighted by molar-refractivity contribution is 7.17. The Morgan fingerprint density at radius 1 is 1.00 bits per heavy atom. The molecule has 2 fully saturated rings. The van der Waals surface area contributed by atoms with Crippen LogP contribution in [0.3, 0.4) is 0 Å². The summed E-state index contributed by atoms with van der Waals surface area (Å²) in [6, 6.07) is 18.8. The molecule has 2 amide bonds. The van der Waals surface area contributed by atoms with Crippen molar-refractivity contribution >= 4 is 52.2 Å². The quantitative estimate of drug-likeness (QED) is 0.180. The normalized spacial score (nSPS) is 17.1. The number of H-pyrrole nitrogens is 1. The minimum atomic E-state index is -0.230. The Bertz CT molecular complexity index is 2260. The molecule has 5 aromatic rings. The Kier molecular flexibility index (Phi) is 8.12. The van der Waals surface area contributed by atoms with Crippen molar-refractivity contribution in [3.8, 4) is 10.4 Å². The van der Waals surface area contributed by atoms with Crippen LogP contribution in [0.25, 0.3) is 16.5 Å². The lowest BCUT2D eigenvalue weighted by Crippen LogP contribution is -2.59. The van der Waals surface area contributed by atoms with Crippen LogP contribution in [0.1, 0.15) is 78.0 Å². The number of rotatable bonds is 6. The molecule has 0 atom stereocenters. The van der Waals surface area contributed by atoms with E-state index >= 15 is 0 Å². The number of carbonyl (C=O) groups excluding carboxylic acids is 3. The summed E-state index contributed by atoms with van der Waals surface area (Å²) in [5.41, 5.74) is 7.43. The summed E-state index contributed by atoms with van der Waals surface area (Å²) >= 11 is 1.45. The average Bonchev–Trinajstić information content (AvgIpc) is 3.76. The number of allylic oxidation sites excluding steroid dienone is 1. The maximum absolute atomic E-state index is 14.1. The highest BCUT2D eigenvalue weighted by Gasteiger charge is 2.45. The first-order valence-electron chi connectivity index (χ1n) is 17.9. The molecule has 11 heteroatoms. The molecule has 0 bridgehead atoms. The van der Waals surface area contributed by atoms with Crippen LogP contribution in [-0.4, -0.2) is 65.4 Å². The van der Waals surface area contributed by atoms with Crippen molar-refractivity contribution in [2.45, 2.75) is 39.0 Å². The van der Waals surface area contributed by atoms with Gasteiger partial charge in [0.1, 0.15) is 5.82 Å². The molecule has 52 heavy (non-hydrogen) atoms. The topological polar surface area (TPSA) is 121 Å². The Morgan fingerprint density at radius 2 is 1.81 bits per heavy atom. The van der Waals surface area contributed by atoms with E-state index in [-0.39, 0.29) is 23.0 Å². The molecule has 1 aliphatic carbocycles. The summed E-state index contributed by atoms with van der Waals surface area (Å²) in [5.74, 6) is 0.600. The Hall–Kier alpha value is -5.39. The molecule has 1 spiro atoms. The van der Waals surface area contributed by atoms with Crippen LogP contribution in [0.15, 0.2) is 72.9 Å². The van der Waals surface area contributed by atoms with Crippen LogP contribution in [0.4, 0.5) is 17.2 Å². The third-order valence-electron chi connectivity index (χ3n) is 10.7. The third kappa shape index (κ3) is 5.83. The molecular weight excluding hydrogens is 673 g/mol. The number of para-hydroxylation sites is 1. The van der Waals surface area contributed by atoms with Gasteiger partial charge in [0.05, 0.1) is 21.8 Å². The molecule has 2 saturated heterocycles. The number of pyridine rings is 1. The molecule has 4 aliphatic rings. The van der Waals surface area contributed by atoms with E-state index in [1.54, 1.807) is 24.3 Å². The van der Waals surface area contributed by atoms with Crippen LogP contribution in [-0.2, 0) is 17.6 Å². The number of aryl methyl sites for hydroxylation is 2. The van der Waals surface area contributed by atoms with Crippen molar-refractivity contribution in [3.05, 3.63) is 117 Å². The first kappa shape index (κ1) is 32.5.